The van der Waals surface area contributed by atoms with Crippen molar-refractivity contribution in [2.75, 3.05) is 50.4 Å². The Hall–Kier alpha value is -1.87. The van der Waals surface area contributed by atoms with Gasteiger partial charge in [0.25, 0.3) is 0 Å². The van der Waals surface area contributed by atoms with Crippen molar-refractivity contribution < 1.29 is 99.7 Å². The van der Waals surface area contributed by atoms with Crippen LogP contribution in [0.15, 0.2) is 60.7 Å². The number of rotatable bonds is 6. The Morgan fingerprint density at radius 1 is 0.806 bits per heavy atom. The van der Waals surface area contributed by atoms with E-state index >= 15 is 0 Å². The second-order valence-electron chi connectivity index (χ2n) is 18.6. The molecule has 1 N–H and O–H groups in total. The van der Waals surface area contributed by atoms with Gasteiger partial charge < -0.3 is 48.8 Å². The van der Waals surface area contributed by atoms with Gasteiger partial charge in [-0.3, -0.25) is 9.59 Å². The number of ether oxygens (including phenoxy) is 4. The van der Waals surface area contributed by atoms with Gasteiger partial charge in [0.05, 0.1) is 41.8 Å². The zero-order valence-corrected chi connectivity index (χ0v) is 44.1. The summed E-state index contributed by atoms with van der Waals surface area (Å²) < 4.78 is 21.9. The Morgan fingerprint density at radius 2 is 1.29 bits per heavy atom. The van der Waals surface area contributed by atoms with E-state index in [0.29, 0.717) is 50.0 Å². The Morgan fingerprint density at radius 3 is 1.74 bits per heavy atom. The molecule has 6 rings (SSSR count). The first kappa shape index (κ1) is 56.3. The van der Waals surface area contributed by atoms with Crippen LogP contribution < -0.4 is 56.5 Å². The van der Waals surface area contributed by atoms with Gasteiger partial charge in [0.2, 0.25) is 11.8 Å². The fourth-order valence-corrected chi connectivity index (χ4v) is 7.32. The number of aliphatic hydroxyl groups excluding tert-OH is 1. The van der Waals surface area contributed by atoms with E-state index in [-0.39, 0.29) is 101 Å². The molecule has 4 saturated heterocycles. The molecule has 0 spiro atoms. The van der Waals surface area contributed by atoms with Gasteiger partial charge in [0.15, 0.2) is 0 Å². The van der Waals surface area contributed by atoms with Crippen LogP contribution in [0.2, 0.25) is 0 Å². The van der Waals surface area contributed by atoms with Crippen molar-refractivity contribution in [2.24, 2.45) is 0 Å². The quantitative estimate of drug-likeness (QED) is 0.259. The maximum absolute atomic E-state index is 12.5. The van der Waals surface area contributed by atoms with Crippen LogP contribution in [0.1, 0.15) is 99.1 Å². The Balaban J connectivity index is 0.000000344. The van der Waals surface area contributed by atoms with E-state index in [1.165, 1.54) is 17.7 Å². The van der Waals surface area contributed by atoms with E-state index in [1.807, 2.05) is 130 Å². The van der Waals surface area contributed by atoms with E-state index in [4.69, 9.17) is 18.9 Å². The number of carbonyl (C=O) groups excluding carboxylic acids is 4. The molecule has 0 saturated carbocycles. The second kappa shape index (κ2) is 26.9. The van der Waals surface area contributed by atoms with Crippen LogP contribution in [0.25, 0.3) is 0 Å². The number of nitrogens with zero attached hydrogens (tertiary/aromatic N) is 4. The van der Waals surface area contributed by atoms with Crippen LogP contribution in [-0.4, -0.2) is 140 Å². The van der Waals surface area contributed by atoms with E-state index in [2.05, 4.69) is 0 Å². The molecule has 0 radical (unpaired) electrons. The number of alkyl halides is 1. The second-order valence-corrected chi connectivity index (χ2v) is 19.3. The van der Waals surface area contributed by atoms with Crippen molar-refractivity contribution in [3.8, 4) is 0 Å². The summed E-state index contributed by atoms with van der Waals surface area (Å²) in [6.45, 7) is 20.7. The number of morpholine rings is 1. The molecule has 4 aliphatic heterocycles. The van der Waals surface area contributed by atoms with Gasteiger partial charge in [-0.2, -0.15) is 0 Å². The summed E-state index contributed by atoms with van der Waals surface area (Å²) in [4.78, 5) is 56.2. The minimum atomic E-state index is -0.799. The number of carbonyl (C=O) groups is 4. The summed E-state index contributed by atoms with van der Waals surface area (Å²) in [5.74, 6) is 0.0000391. The number of benzene rings is 2. The first-order valence-electron chi connectivity index (χ1n) is 21.3. The maximum Gasteiger partial charge on any atom is 1.00 e. The Labute approximate surface area is 426 Å². The predicted octanol–water partition coefficient (Wildman–Crippen LogP) is 3.19. The molecule has 4 heterocycles. The number of hydrogen-bond acceptors (Lipinski definition) is 10. The van der Waals surface area contributed by atoms with Crippen LogP contribution in [0.3, 0.4) is 0 Å². The molecule has 2 aromatic rings. The molecular weight excluding hydrogens is 935 g/mol. The summed E-state index contributed by atoms with van der Waals surface area (Å²) >= 11 is 2.05. The number of halogens is 1. The summed E-state index contributed by atoms with van der Waals surface area (Å²) in [5, 5.41) is 20.7. The Kier molecular flexibility index (Phi) is 24.4. The summed E-state index contributed by atoms with van der Waals surface area (Å²) in [6.07, 6.45) is 2.07. The monoisotopic (exact) mass is 1000 g/mol. The standard InChI is InChI=1S/C19H27IN2O4.C19H26N2O4.C4H8O.C4H9O.K/c1-19(2,3)26-18(25)21-10-9-15(16(23)13-21)22(17(24)11-20)12-14-7-5-4-6-8-14;1-19(2,3)25-18(23)20-10-9-15-16(12-20)24-13-17(22)21(15)11-14-7-5-4-6-8-14;1-2-4-5-3-1;1-4(2,3)5;/h4-8,15-16,23H,9-13H2,1-3H3;4-8,15-16H,9-13H2,1-3H3;1-4H2;1-3H3;/q;;;-1;+1/t2*15-,16-;;;/m00.../s1. The summed E-state index contributed by atoms with van der Waals surface area (Å²) in [5.41, 5.74) is 0.282. The van der Waals surface area contributed by atoms with Crippen molar-refractivity contribution in [2.45, 2.75) is 142 Å². The molecule has 0 aromatic heterocycles. The van der Waals surface area contributed by atoms with E-state index in [1.54, 1.807) is 30.6 Å². The molecule has 4 atom stereocenters. The predicted molar refractivity (Wildman–Crippen MR) is 241 cm³/mol. The van der Waals surface area contributed by atoms with Gasteiger partial charge in [-0.15, -0.1) is 5.60 Å². The molecular formula is C46H70IKN4O10. The number of aliphatic hydroxyl groups is 1. The number of likely N-dealkylation sites (tertiary alicyclic amines) is 2. The normalized spacial score (nSPS) is 21.2. The van der Waals surface area contributed by atoms with Crippen LogP contribution in [0, 0.1) is 0 Å². The zero-order valence-electron chi connectivity index (χ0n) is 38.8. The average Bonchev–Trinajstić information content (AvgIpc) is 3.78. The minimum Gasteiger partial charge on any atom is -0.850 e. The number of β-amino-alcohol motifs (C(OH)–C–C–N with tert-alkyl or cyclic N) is 1. The summed E-state index contributed by atoms with van der Waals surface area (Å²) in [7, 11) is 0. The topological polar surface area (TPSA) is 161 Å². The number of hydrogen-bond donors (Lipinski definition) is 1. The largest absolute Gasteiger partial charge is 1.00 e. The van der Waals surface area contributed by atoms with Gasteiger partial charge >= 0.3 is 63.6 Å². The molecule has 0 unspecified atom stereocenters. The van der Waals surface area contributed by atoms with Crippen molar-refractivity contribution >= 4 is 46.6 Å². The number of amides is 4. The number of fused-ring (bicyclic) bond motifs is 1. The molecule has 4 fully saturated rings. The molecule has 342 valence electrons. The SMILES string of the molecule is C1CCOC1.CC(C)(C)OC(=O)N1CC[C@H](N(Cc2ccccc2)C(=O)CI)[C@@H](O)C1.CC(C)(C)OC(=O)N1CC[C@H]2[C@H](C1)OCC(=O)N2Cc1ccccc1.CC(C)(C)[O-].[K+]. The molecule has 4 amide bonds. The summed E-state index contributed by atoms with van der Waals surface area (Å²) in [6, 6.07) is 19.4. The van der Waals surface area contributed by atoms with Gasteiger partial charge in [-0.25, -0.2) is 9.59 Å². The fraction of sp³-hybridized carbons (Fsp3) is 0.652. The van der Waals surface area contributed by atoms with Crippen LogP contribution >= 0.6 is 22.6 Å². The van der Waals surface area contributed by atoms with Crippen LogP contribution in [0.4, 0.5) is 9.59 Å². The number of piperidine rings is 2. The molecule has 16 heteroatoms. The smallest absolute Gasteiger partial charge is 0.850 e. The molecule has 14 nitrogen and oxygen atoms in total. The third-order valence-electron chi connectivity index (χ3n) is 9.57. The molecule has 0 aliphatic carbocycles. The first-order valence-corrected chi connectivity index (χ1v) is 22.8. The molecule has 4 aliphatic rings. The molecule has 0 bridgehead atoms. The maximum atomic E-state index is 12.5. The van der Waals surface area contributed by atoms with Gasteiger partial charge in [-0.05, 0) is 78.4 Å². The fourth-order valence-electron chi connectivity index (χ4n) is 6.88. The van der Waals surface area contributed by atoms with Gasteiger partial charge in [-0.1, -0.05) is 104 Å². The van der Waals surface area contributed by atoms with Crippen molar-refractivity contribution in [3.63, 3.8) is 0 Å². The van der Waals surface area contributed by atoms with E-state index < -0.39 is 29.0 Å². The third-order valence-corrected chi connectivity index (χ3v) is 10.2. The first-order chi connectivity index (χ1) is 28.5. The van der Waals surface area contributed by atoms with E-state index in [9.17, 15) is 29.4 Å². The van der Waals surface area contributed by atoms with Crippen molar-refractivity contribution in [1.29, 1.82) is 0 Å². The van der Waals surface area contributed by atoms with E-state index in [0.717, 1.165) is 24.3 Å². The van der Waals surface area contributed by atoms with Crippen LogP contribution in [0.5, 0.6) is 0 Å². The van der Waals surface area contributed by atoms with Gasteiger partial charge in [0.1, 0.15) is 17.8 Å². The zero-order chi connectivity index (χ0) is 45.4. The average molecular weight is 1010 g/mol. The third kappa shape index (κ3) is 21.4. The Bertz CT molecular complexity index is 1640. The van der Waals surface area contributed by atoms with Gasteiger partial charge in [0, 0.05) is 39.4 Å². The van der Waals surface area contributed by atoms with Crippen molar-refractivity contribution in [1.82, 2.24) is 19.6 Å². The van der Waals surface area contributed by atoms with Crippen LogP contribution in [-0.2, 0) is 41.6 Å². The molecule has 62 heavy (non-hydrogen) atoms. The molecule has 2 aromatic carbocycles. The minimum absolute atomic E-state index is 0. The van der Waals surface area contributed by atoms with Crippen molar-refractivity contribution in [3.05, 3.63) is 71.8 Å².